The van der Waals surface area contributed by atoms with Crippen LogP contribution in [-0.2, 0) is 13.0 Å². The second-order valence-corrected chi connectivity index (χ2v) is 3.37. The minimum absolute atomic E-state index is 0. The van der Waals surface area contributed by atoms with Gasteiger partial charge in [-0.05, 0) is 24.6 Å². The van der Waals surface area contributed by atoms with Gasteiger partial charge in [-0.1, -0.05) is 12.1 Å². The molecule has 90 valence electrons. The van der Waals surface area contributed by atoms with Crippen LogP contribution in [0.3, 0.4) is 0 Å². The lowest BCUT2D eigenvalue weighted by Crippen LogP contribution is -2.26. The number of rotatable bonds is 1. The third-order valence-electron chi connectivity index (χ3n) is 2.33. The first-order valence-corrected chi connectivity index (χ1v) is 4.63. The molecular weight excluding hydrogens is 243 g/mol. The van der Waals surface area contributed by atoms with E-state index in [2.05, 4.69) is 10.1 Å². The zero-order valence-corrected chi connectivity index (χ0v) is 9.12. The van der Waals surface area contributed by atoms with Gasteiger partial charge in [-0.3, -0.25) is 0 Å². The van der Waals surface area contributed by atoms with Gasteiger partial charge in [0.05, 0.1) is 0 Å². The molecule has 0 saturated carbocycles. The standard InChI is InChI=1S/C10H10F3NO.ClH/c11-10(12,13)15-9-3-1-2-7-4-5-14-6-8(7)9;/h1-3,14H,4-6H2;1H. The van der Waals surface area contributed by atoms with Crippen molar-refractivity contribution >= 4 is 12.4 Å². The number of benzene rings is 1. The van der Waals surface area contributed by atoms with E-state index in [0.29, 0.717) is 12.1 Å². The number of nitrogens with one attached hydrogen (secondary N) is 1. The summed E-state index contributed by atoms with van der Waals surface area (Å²) in [6, 6.07) is 4.77. The molecule has 16 heavy (non-hydrogen) atoms. The molecule has 1 aliphatic heterocycles. The lowest BCUT2D eigenvalue weighted by molar-refractivity contribution is -0.274. The summed E-state index contributed by atoms with van der Waals surface area (Å²) < 4.78 is 40.2. The van der Waals surface area contributed by atoms with E-state index in [0.717, 1.165) is 18.5 Å². The maximum atomic E-state index is 12.1. The molecule has 1 N–H and O–H groups in total. The third kappa shape index (κ3) is 3.02. The Balaban J connectivity index is 0.00000128. The minimum atomic E-state index is -4.62. The first-order chi connectivity index (χ1) is 7.06. The predicted octanol–water partition coefficient (Wildman–Crippen LogP) is 2.65. The Morgan fingerprint density at radius 1 is 1.25 bits per heavy atom. The van der Waals surface area contributed by atoms with Gasteiger partial charge >= 0.3 is 6.36 Å². The Kier molecular flexibility index (Phi) is 4.04. The van der Waals surface area contributed by atoms with Crippen LogP contribution in [0.5, 0.6) is 5.75 Å². The van der Waals surface area contributed by atoms with Crippen molar-refractivity contribution in [2.75, 3.05) is 6.54 Å². The van der Waals surface area contributed by atoms with Gasteiger partial charge in [-0.15, -0.1) is 25.6 Å². The molecule has 1 aromatic carbocycles. The molecule has 0 saturated heterocycles. The molecule has 6 heteroatoms. The Morgan fingerprint density at radius 2 is 2.00 bits per heavy atom. The predicted molar refractivity (Wildman–Crippen MR) is 55.8 cm³/mol. The summed E-state index contributed by atoms with van der Waals surface area (Å²) >= 11 is 0. The molecule has 0 aromatic heterocycles. The lowest BCUT2D eigenvalue weighted by atomic mass is 10.0. The zero-order chi connectivity index (χ0) is 10.9. The number of ether oxygens (including phenoxy) is 1. The number of alkyl halides is 3. The summed E-state index contributed by atoms with van der Waals surface area (Å²) in [5.41, 5.74) is 1.54. The number of hydrogen-bond donors (Lipinski definition) is 1. The fourth-order valence-corrected chi connectivity index (χ4v) is 1.70. The molecule has 0 bridgehead atoms. The van der Waals surface area contributed by atoms with Crippen molar-refractivity contribution in [3.63, 3.8) is 0 Å². The van der Waals surface area contributed by atoms with E-state index in [4.69, 9.17) is 0 Å². The molecule has 1 aliphatic rings. The Bertz CT molecular complexity index is 368. The average molecular weight is 254 g/mol. The maximum Gasteiger partial charge on any atom is 0.573 e. The van der Waals surface area contributed by atoms with E-state index in [-0.39, 0.29) is 18.2 Å². The highest BCUT2D eigenvalue weighted by Gasteiger charge is 2.32. The fourth-order valence-electron chi connectivity index (χ4n) is 1.70. The maximum absolute atomic E-state index is 12.1. The van der Waals surface area contributed by atoms with E-state index < -0.39 is 6.36 Å². The van der Waals surface area contributed by atoms with Crippen molar-refractivity contribution in [2.45, 2.75) is 19.3 Å². The topological polar surface area (TPSA) is 21.3 Å². The Morgan fingerprint density at radius 3 is 2.69 bits per heavy atom. The number of fused-ring (bicyclic) bond motifs is 1. The molecule has 1 heterocycles. The molecule has 0 fully saturated rings. The van der Waals surface area contributed by atoms with Crippen molar-refractivity contribution in [1.82, 2.24) is 5.32 Å². The lowest BCUT2D eigenvalue weighted by Gasteiger charge is -2.20. The summed E-state index contributed by atoms with van der Waals surface area (Å²) in [5.74, 6) is -0.0906. The van der Waals surface area contributed by atoms with Crippen LogP contribution in [0.4, 0.5) is 13.2 Å². The van der Waals surface area contributed by atoms with Gasteiger partial charge in [0.1, 0.15) is 5.75 Å². The van der Waals surface area contributed by atoms with E-state index >= 15 is 0 Å². The van der Waals surface area contributed by atoms with E-state index in [1.807, 2.05) is 6.07 Å². The summed E-state index contributed by atoms with van der Waals surface area (Å²) in [7, 11) is 0. The summed E-state index contributed by atoms with van der Waals surface area (Å²) in [6.07, 6.45) is -3.88. The largest absolute Gasteiger partial charge is 0.573 e. The smallest absolute Gasteiger partial charge is 0.405 e. The van der Waals surface area contributed by atoms with Gasteiger partial charge in [0.2, 0.25) is 0 Å². The molecule has 2 nitrogen and oxygen atoms in total. The minimum Gasteiger partial charge on any atom is -0.405 e. The van der Waals surface area contributed by atoms with Crippen LogP contribution in [0.2, 0.25) is 0 Å². The summed E-state index contributed by atoms with van der Waals surface area (Å²) in [4.78, 5) is 0. The van der Waals surface area contributed by atoms with E-state index in [9.17, 15) is 13.2 Å². The molecule has 0 amide bonds. The number of hydrogen-bond acceptors (Lipinski definition) is 2. The first-order valence-electron chi connectivity index (χ1n) is 4.63. The van der Waals surface area contributed by atoms with Crippen molar-refractivity contribution in [3.8, 4) is 5.75 Å². The van der Waals surface area contributed by atoms with E-state index in [1.54, 1.807) is 6.07 Å². The number of halogens is 4. The van der Waals surface area contributed by atoms with Crippen LogP contribution < -0.4 is 10.1 Å². The van der Waals surface area contributed by atoms with Gasteiger partial charge in [0.15, 0.2) is 0 Å². The molecule has 2 rings (SSSR count). The second-order valence-electron chi connectivity index (χ2n) is 3.37. The Labute approximate surface area is 97.2 Å². The van der Waals surface area contributed by atoms with Gasteiger partial charge < -0.3 is 10.1 Å². The Hall–Kier alpha value is -0.940. The quantitative estimate of drug-likeness (QED) is 0.831. The molecule has 0 atom stereocenters. The van der Waals surface area contributed by atoms with Gasteiger partial charge in [0.25, 0.3) is 0 Å². The highest BCUT2D eigenvalue weighted by atomic mass is 35.5. The monoisotopic (exact) mass is 253 g/mol. The molecule has 1 aromatic rings. The van der Waals surface area contributed by atoms with Crippen molar-refractivity contribution in [1.29, 1.82) is 0 Å². The second kappa shape index (κ2) is 4.93. The highest BCUT2D eigenvalue weighted by molar-refractivity contribution is 5.85. The third-order valence-corrected chi connectivity index (χ3v) is 2.33. The van der Waals surface area contributed by atoms with Crippen LogP contribution in [-0.4, -0.2) is 12.9 Å². The average Bonchev–Trinajstić information content (AvgIpc) is 2.16. The van der Waals surface area contributed by atoms with Crippen LogP contribution >= 0.6 is 12.4 Å². The summed E-state index contributed by atoms with van der Waals surface area (Å²) in [6.45, 7) is 1.23. The molecule has 0 unspecified atom stereocenters. The molecule has 0 spiro atoms. The van der Waals surface area contributed by atoms with Gasteiger partial charge in [-0.25, -0.2) is 0 Å². The van der Waals surface area contributed by atoms with Crippen LogP contribution in [0.1, 0.15) is 11.1 Å². The van der Waals surface area contributed by atoms with Gasteiger partial charge in [0, 0.05) is 12.1 Å². The molecular formula is C10H11ClF3NO. The van der Waals surface area contributed by atoms with Gasteiger partial charge in [-0.2, -0.15) is 0 Å². The summed E-state index contributed by atoms with van der Waals surface area (Å²) in [5, 5.41) is 3.02. The van der Waals surface area contributed by atoms with Crippen molar-refractivity contribution in [3.05, 3.63) is 29.3 Å². The van der Waals surface area contributed by atoms with Crippen LogP contribution in [0.15, 0.2) is 18.2 Å². The fraction of sp³-hybridized carbons (Fsp3) is 0.400. The highest BCUT2D eigenvalue weighted by Crippen LogP contribution is 2.29. The molecule has 0 radical (unpaired) electrons. The zero-order valence-electron chi connectivity index (χ0n) is 8.30. The first kappa shape index (κ1) is 13.1. The normalized spacial score (nSPS) is 14.9. The van der Waals surface area contributed by atoms with E-state index in [1.165, 1.54) is 6.07 Å². The molecule has 0 aliphatic carbocycles. The SMILES string of the molecule is Cl.FC(F)(F)Oc1cccc2c1CNCC2. The van der Waals surface area contributed by atoms with Crippen LogP contribution in [0, 0.1) is 0 Å². The van der Waals surface area contributed by atoms with Crippen molar-refractivity contribution < 1.29 is 17.9 Å². The van der Waals surface area contributed by atoms with Crippen LogP contribution in [0.25, 0.3) is 0 Å². The van der Waals surface area contributed by atoms with Crippen molar-refractivity contribution in [2.24, 2.45) is 0 Å².